The van der Waals surface area contributed by atoms with Gasteiger partial charge in [0.05, 0.1) is 0 Å². The van der Waals surface area contributed by atoms with Crippen LogP contribution in [0.5, 0.6) is 0 Å². The Labute approximate surface area is 215 Å². The van der Waals surface area contributed by atoms with E-state index >= 15 is 0 Å². The largest absolute Gasteiger partial charge is 0.395 e. The van der Waals surface area contributed by atoms with E-state index in [0.717, 1.165) is 5.57 Å². The molecule has 0 spiro atoms. The molecule has 4 rings (SSSR count). The van der Waals surface area contributed by atoms with Crippen LogP contribution in [-0.4, -0.2) is 26.0 Å². The third-order valence-electron chi connectivity index (χ3n) is 6.02. The summed E-state index contributed by atoms with van der Waals surface area (Å²) in [5.74, 6) is 0.159. The molecule has 2 nitrogen and oxygen atoms in total. The van der Waals surface area contributed by atoms with E-state index in [-0.39, 0.29) is 58.0 Å². The molecule has 0 radical (unpaired) electrons. The molecular weight excluding hydrogens is 477 g/mol. The number of hydrogen-bond donors (Lipinski definition) is 0. The molecule has 0 aliphatic heterocycles. The molecule has 2 aromatic carbocycles. The first-order valence-electron chi connectivity index (χ1n) is 9.86. The summed E-state index contributed by atoms with van der Waals surface area (Å²) in [6.07, 6.45) is 4.46. The maximum Gasteiger partial charge on any atom is 0.395 e. The second kappa shape index (κ2) is 10.6. The summed E-state index contributed by atoms with van der Waals surface area (Å²) in [7, 11) is 0.0943. The molecule has 162 valence electrons. The van der Waals surface area contributed by atoms with Gasteiger partial charge in [0.25, 0.3) is 0 Å². The minimum absolute atomic E-state index is 0. The zero-order valence-electron chi connectivity index (χ0n) is 18.4. The smallest absolute Gasteiger partial charge is 0.375 e. The van der Waals surface area contributed by atoms with Gasteiger partial charge in [-0.2, -0.15) is 0 Å². The molecule has 1 atom stereocenters. The first-order chi connectivity index (χ1) is 13.3. The van der Waals surface area contributed by atoms with E-state index in [0.29, 0.717) is 6.04 Å². The predicted octanol–water partition coefficient (Wildman–Crippen LogP) is 6.65. The van der Waals surface area contributed by atoms with E-state index in [9.17, 15) is 4.46 Å². The Hall–Kier alpha value is -1.23. The molecular formula is C25H29Cl2NOSiTi. The van der Waals surface area contributed by atoms with Crippen molar-refractivity contribution in [3.05, 3.63) is 89.5 Å². The summed E-state index contributed by atoms with van der Waals surface area (Å²) in [6, 6.07) is 17.7. The van der Waals surface area contributed by atoms with Crippen LogP contribution in [0.25, 0.3) is 16.7 Å². The summed E-state index contributed by atoms with van der Waals surface area (Å²) < 4.78 is 15.2. The van der Waals surface area contributed by atoms with Gasteiger partial charge in [0, 0.05) is 46.3 Å². The van der Waals surface area contributed by atoms with Gasteiger partial charge in [-0.15, -0.1) is 24.8 Å². The van der Waals surface area contributed by atoms with E-state index in [1.807, 2.05) is 11.6 Å². The van der Waals surface area contributed by atoms with Gasteiger partial charge in [0.15, 0.2) is 0 Å². The molecule has 0 saturated heterocycles. The molecule has 1 unspecified atom stereocenters. The van der Waals surface area contributed by atoms with Crippen molar-refractivity contribution in [2.24, 2.45) is 5.92 Å². The summed E-state index contributed by atoms with van der Waals surface area (Å²) in [6.45, 7) is 10.8. The van der Waals surface area contributed by atoms with Gasteiger partial charge in [0.1, 0.15) is 0 Å². The molecule has 0 saturated carbocycles. The topological polar surface area (TPSA) is 20.3 Å². The summed E-state index contributed by atoms with van der Waals surface area (Å²) in [4.78, 5) is 0. The van der Waals surface area contributed by atoms with Crippen molar-refractivity contribution >= 4 is 50.4 Å². The Balaban J connectivity index is 0.00000160. The molecule has 0 N–H and O–H groups in total. The van der Waals surface area contributed by atoms with Crippen LogP contribution in [0.1, 0.15) is 43.0 Å². The van der Waals surface area contributed by atoms with Gasteiger partial charge >= 0.3 is 8.84 Å². The number of allylic oxidation sites excluding steroid dienone is 4. The molecule has 0 heterocycles. The number of halogens is 2. The third-order valence-corrected chi connectivity index (χ3v) is 8.22. The maximum atomic E-state index is 13.2. The minimum atomic E-state index is -1.89. The molecule has 2 aliphatic carbocycles. The van der Waals surface area contributed by atoms with Gasteiger partial charge in [-0.1, -0.05) is 67.3 Å². The van der Waals surface area contributed by atoms with Gasteiger partial charge in [-0.3, -0.25) is 0 Å². The van der Waals surface area contributed by atoms with E-state index in [1.54, 1.807) is 0 Å². The number of benzene rings is 2. The summed E-state index contributed by atoms with van der Waals surface area (Å²) in [5.41, 5.74) is 8.32. The predicted molar refractivity (Wildman–Crippen MR) is 134 cm³/mol. The van der Waals surface area contributed by atoms with Crippen molar-refractivity contribution in [2.75, 3.05) is 7.05 Å². The Morgan fingerprint density at radius 3 is 1.97 bits per heavy atom. The standard InChI is InChI=1S/C25H27NOSi.2ClH.Ti/c1-17-19-10-6-8-12-21(19)23-15-14-18(16-28(27)26(5)25(2,3)4)24(23)22-13-9-7-11-20(17)22;;;/h6-15,18H,1,16H2,2-5H3;2*1H;. The number of hydrogen-bond acceptors (Lipinski definition) is 1. The van der Waals surface area contributed by atoms with Crippen molar-refractivity contribution < 1.29 is 26.2 Å². The zero-order valence-corrected chi connectivity index (χ0v) is 22.6. The third kappa shape index (κ3) is 5.07. The molecule has 0 bridgehead atoms. The molecule has 2 aromatic rings. The average Bonchev–Trinajstić information content (AvgIpc) is 3.04. The van der Waals surface area contributed by atoms with Crippen molar-refractivity contribution in [2.45, 2.75) is 32.4 Å². The normalized spacial score (nSPS) is 16.0. The van der Waals surface area contributed by atoms with E-state index in [1.165, 1.54) is 33.4 Å². The van der Waals surface area contributed by atoms with Crippen LogP contribution in [0, 0.1) is 5.92 Å². The van der Waals surface area contributed by atoms with Crippen molar-refractivity contribution in [1.82, 2.24) is 4.57 Å². The number of rotatable bonds is 3. The first kappa shape index (κ1) is 27.8. The second-order valence-electron chi connectivity index (χ2n) is 8.69. The monoisotopic (exact) mass is 505 g/mol. The number of fused-ring (bicyclic) bond motifs is 4. The molecule has 0 amide bonds. The molecule has 2 aliphatic rings. The molecule has 0 aromatic heterocycles. The van der Waals surface area contributed by atoms with Crippen molar-refractivity contribution in [1.29, 1.82) is 0 Å². The van der Waals surface area contributed by atoms with Gasteiger partial charge in [-0.25, -0.2) is 0 Å². The van der Waals surface area contributed by atoms with E-state index < -0.39 is 8.84 Å². The molecule has 6 heteroatoms. The molecule has 31 heavy (non-hydrogen) atoms. The van der Waals surface area contributed by atoms with Crippen LogP contribution in [-0.2, 0) is 26.2 Å². The first-order valence-corrected chi connectivity index (χ1v) is 11.4. The minimum Gasteiger partial charge on any atom is -0.375 e. The summed E-state index contributed by atoms with van der Waals surface area (Å²) in [5, 5.41) is 0. The van der Waals surface area contributed by atoms with Gasteiger partial charge < -0.3 is 9.03 Å². The van der Waals surface area contributed by atoms with Crippen LogP contribution in [0.15, 0.2) is 67.3 Å². The Morgan fingerprint density at radius 2 is 1.42 bits per heavy atom. The SMILES string of the molecule is C=C1c2ccccc2C2=C(c3ccccc31)C(C[Si](=O)N(C)C(C)(C)C)C=C2.Cl.Cl.[Ti]. The van der Waals surface area contributed by atoms with Crippen LogP contribution >= 0.6 is 24.8 Å². The Morgan fingerprint density at radius 1 is 0.935 bits per heavy atom. The average molecular weight is 506 g/mol. The van der Waals surface area contributed by atoms with Crippen LogP contribution < -0.4 is 0 Å². The summed E-state index contributed by atoms with van der Waals surface area (Å²) >= 11 is 0. The van der Waals surface area contributed by atoms with E-state index in [4.69, 9.17) is 0 Å². The number of nitrogens with zero attached hydrogens (tertiary/aromatic N) is 1. The van der Waals surface area contributed by atoms with Crippen LogP contribution in [0.2, 0.25) is 6.04 Å². The van der Waals surface area contributed by atoms with Gasteiger partial charge in [-0.05, 0) is 59.7 Å². The van der Waals surface area contributed by atoms with Crippen molar-refractivity contribution in [3.8, 4) is 0 Å². The fraction of sp³-hybridized carbons (Fsp3) is 0.280. The van der Waals surface area contributed by atoms with E-state index in [2.05, 4.69) is 88.0 Å². The van der Waals surface area contributed by atoms with Crippen LogP contribution in [0.3, 0.4) is 0 Å². The second-order valence-corrected chi connectivity index (χ2v) is 10.6. The quantitative estimate of drug-likeness (QED) is 0.435. The Bertz CT molecular complexity index is 1060. The fourth-order valence-electron chi connectivity index (χ4n) is 4.15. The molecule has 0 fully saturated rings. The zero-order chi connectivity index (χ0) is 20.1. The van der Waals surface area contributed by atoms with Crippen molar-refractivity contribution in [3.63, 3.8) is 0 Å². The Kier molecular flexibility index (Phi) is 9.50. The van der Waals surface area contributed by atoms with Crippen LogP contribution in [0.4, 0.5) is 0 Å². The fourth-order valence-corrected chi connectivity index (χ4v) is 5.89. The van der Waals surface area contributed by atoms with Gasteiger partial charge in [0.2, 0.25) is 0 Å². The maximum absolute atomic E-state index is 13.2.